The molecule has 0 fully saturated rings. The number of rotatable bonds is 3. The van der Waals surface area contributed by atoms with Gasteiger partial charge in [-0.3, -0.25) is 9.59 Å². The summed E-state index contributed by atoms with van der Waals surface area (Å²) in [6.07, 6.45) is 1.74. The van der Waals surface area contributed by atoms with E-state index in [4.69, 9.17) is 4.74 Å². The highest BCUT2D eigenvalue weighted by Crippen LogP contribution is 1.92. The van der Waals surface area contributed by atoms with Crippen molar-refractivity contribution in [3.05, 3.63) is 34.2 Å². The normalized spacial score (nSPS) is 9.86. The van der Waals surface area contributed by atoms with Crippen molar-refractivity contribution in [2.24, 2.45) is 0 Å². The molecule has 0 bridgehead atoms. The molecule has 0 aromatic carbocycles. The topological polar surface area (TPSA) is 48.3 Å². The number of hydrogen-bond acceptors (Lipinski definition) is 3. The SMILES string of the molecule is CC(=O)OCCn1cc(C)ccc1=O. The molecule has 4 nitrogen and oxygen atoms in total. The summed E-state index contributed by atoms with van der Waals surface area (Å²) in [5.41, 5.74) is 0.926. The summed E-state index contributed by atoms with van der Waals surface area (Å²) in [5.74, 6) is -0.328. The second-order valence-corrected chi connectivity index (χ2v) is 3.08. The molecule has 0 saturated carbocycles. The van der Waals surface area contributed by atoms with Crippen molar-refractivity contribution >= 4 is 5.97 Å². The first-order valence-electron chi connectivity index (χ1n) is 4.40. The van der Waals surface area contributed by atoms with Gasteiger partial charge in [0.05, 0.1) is 6.54 Å². The van der Waals surface area contributed by atoms with E-state index in [2.05, 4.69) is 0 Å². The first-order valence-corrected chi connectivity index (χ1v) is 4.40. The lowest BCUT2D eigenvalue weighted by atomic mass is 10.3. The molecule has 0 unspecified atom stereocenters. The molecule has 0 aliphatic carbocycles. The number of carbonyl (C=O) groups excluding carboxylic acids is 1. The Balaban J connectivity index is 2.62. The van der Waals surface area contributed by atoms with Crippen LogP contribution in [0.4, 0.5) is 0 Å². The minimum Gasteiger partial charge on any atom is -0.464 e. The Kier molecular flexibility index (Phi) is 3.45. The fourth-order valence-corrected chi connectivity index (χ4v) is 1.11. The third-order valence-electron chi connectivity index (χ3n) is 1.77. The van der Waals surface area contributed by atoms with Crippen molar-refractivity contribution in [1.82, 2.24) is 4.57 Å². The van der Waals surface area contributed by atoms with Gasteiger partial charge in [-0.25, -0.2) is 0 Å². The van der Waals surface area contributed by atoms with Crippen LogP contribution in [0, 0.1) is 6.92 Å². The summed E-state index contributed by atoms with van der Waals surface area (Å²) in [7, 11) is 0. The van der Waals surface area contributed by atoms with Crippen molar-refractivity contribution in [3.8, 4) is 0 Å². The molecule has 0 N–H and O–H groups in total. The van der Waals surface area contributed by atoms with Crippen molar-refractivity contribution in [1.29, 1.82) is 0 Å². The Labute approximate surface area is 82.1 Å². The van der Waals surface area contributed by atoms with Gasteiger partial charge in [-0.15, -0.1) is 0 Å². The zero-order chi connectivity index (χ0) is 10.6. The van der Waals surface area contributed by atoms with Crippen LogP contribution >= 0.6 is 0 Å². The van der Waals surface area contributed by atoms with E-state index in [1.54, 1.807) is 12.3 Å². The Bertz CT molecular complexity index is 381. The first-order chi connectivity index (χ1) is 6.59. The molecule has 4 heteroatoms. The molecule has 0 spiro atoms. The van der Waals surface area contributed by atoms with Gasteiger partial charge in [-0.05, 0) is 12.5 Å². The van der Waals surface area contributed by atoms with Crippen LogP contribution in [-0.4, -0.2) is 17.1 Å². The van der Waals surface area contributed by atoms with Gasteiger partial charge in [0.2, 0.25) is 0 Å². The quantitative estimate of drug-likeness (QED) is 0.668. The summed E-state index contributed by atoms with van der Waals surface area (Å²) >= 11 is 0. The zero-order valence-electron chi connectivity index (χ0n) is 8.32. The highest BCUT2D eigenvalue weighted by atomic mass is 16.5. The van der Waals surface area contributed by atoms with Crippen molar-refractivity contribution in [2.75, 3.05) is 6.61 Å². The maximum atomic E-state index is 11.3. The fourth-order valence-electron chi connectivity index (χ4n) is 1.11. The average Bonchev–Trinajstić information content (AvgIpc) is 2.10. The second kappa shape index (κ2) is 4.60. The van der Waals surface area contributed by atoms with Crippen molar-refractivity contribution < 1.29 is 9.53 Å². The van der Waals surface area contributed by atoms with Gasteiger partial charge < -0.3 is 9.30 Å². The minimum atomic E-state index is -0.328. The standard InChI is InChI=1S/C10H13NO3/c1-8-3-4-10(13)11(7-8)5-6-14-9(2)12/h3-4,7H,5-6H2,1-2H3. The zero-order valence-corrected chi connectivity index (χ0v) is 8.32. The minimum absolute atomic E-state index is 0.0808. The smallest absolute Gasteiger partial charge is 0.302 e. The lowest BCUT2D eigenvalue weighted by Crippen LogP contribution is -2.21. The molecule has 1 aromatic heterocycles. The van der Waals surface area contributed by atoms with Gasteiger partial charge in [0, 0.05) is 19.2 Å². The van der Waals surface area contributed by atoms with E-state index < -0.39 is 0 Å². The van der Waals surface area contributed by atoms with Crippen molar-refractivity contribution in [3.63, 3.8) is 0 Å². The third-order valence-corrected chi connectivity index (χ3v) is 1.77. The molecule has 0 saturated heterocycles. The maximum Gasteiger partial charge on any atom is 0.302 e. The molecule has 14 heavy (non-hydrogen) atoms. The molecule has 1 aromatic rings. The summed E-state index contributed by atoms with van der Waals surface area (Å²) in [6, 6.07) is 3.26. The van der Waals surface area contributed by atoms with Crippen LogP contribution in [0.3, 0.4) is 0 Å². The van der Waals surface area contributed by atoms with Crippen LogP contribution < -0.4 is 5.56 Å². The Morgan fingerprint density at radius 1 is 1.50 bits per heavy atom. The van der Waals surface area contributed by atoms with E-state index in [-0.39, 0.29) is 18.1 Å². The number of ether oxygens (including phenoxy) is 1. The second-order valence-electron chi connectivity index (χ2n) is 3.08. The van der Waals surface area contributed by atoms with Crippen molar-refractivity contribution in [2.45, 2.75) is 20.4 Å². The molecule has 0 amide bonds. The van der Waals surface area contributed by atoms with Gasteiger partial charge in [0.15, 0.2) is 0 Å². The molecule has 1 rings (SSSR count). The van der Waals surface area contributed by atoms with Crippen LogP contribution in [0.5, 0.6) is 0 Å². The number of nitrogens with zero attached hydrogens (tertiary/aromatic N) is 1. The Hall–Kier alpha value is -1.58. The number of hydrogen-bond donors (Lipinski definition) is 0. The number of pyridine rings is 1. The van der Waals surface area contributed by atoms with Gasteiger partial charge in [-0.2, -0.15) is 0 Å². The molecule has 0 aliphatic heterocycles. The lowest BCUT2D eigenvalue weighted by Gasteiger charge is -2.05. The van der Waals surface area contributed by atoms with Gasteiger partial charge >= 0.3 is 5.97 Å². The molecule has 76 valence electrons. The van der Waals surface area contributed by atoms with Crippen LogP contribution in [0.1, 0.15) is 12.5 Å². The number of aryl methyl sites for hydroxylation is 1. The summed E-state index contributed by atoms with van der Waals surface area (Å²) < 4.78 is 6.27. The van der Waals surface area contributed by atoms with Gasteiger partial charge in [0.25, 0.3) is 5.56 Å². The van der Waals surface area contributed by atoms with E-state index in [9.17, 15) is 9.59 Å². The monoisotopic (exact) mass is 195 g/mol. The molecular weight excluding hydrogens is 182 g/mol. The average molecular weight is 195 g/mol. The molecule has 0 atom stereocenters. The first kappa shape index (κ1) is 10.5. The number of aromatic nitrogens is 1. The highest BCUT2D eigenvalue weighted by molar-refractivity contribution is 5.65. The van der Waals surface area contributed by atoms with Crippen LogP contribution in [0.2, 0.25) is 0 Å². The Morgan fingerprint density at radius 2 is 2.21 bits per heavy atom. The molecule has 0 radical (unpaired) electrons. The van der Waals surface area contributed by atoms with E-state index in [0.717, 1.165) is 5.56 Å². The lowest BCUT2D eigenvalue weighted by molar-refractivity contribution is -0.141. The number of carbonyl (C=O) groups is 1. The van der Waals surface area contributed by atoms with E-state index in [1.807, 2.05) is 6.92 Å². The molecule has 0 aliphatic rings. The summed E-state index contributed by atoms with van der Waals surface area (Å²) in [6.45, 7) is 3.89. The highest BCUT2D eigenvalue weighted by Gasteiger charge is 1.97. The van der Waals surface area contributed by atoms with E-state index >= 15 is 0 Å². The fraction of sp³-hybridized carbons (Fsp3) is 0.400. The van der Waals surface area contributed by atoms with E-state index in [1.165, 1.54) is 17.6 Å². The summed E-state index contributed by atoms with van der Waals surface area (Å²) in [5, 5.41) is 0. The molecule has 1 heterocycles. The third kappa shape index (κ3) is 3.05. The van der Waals surface area contributed by atoms with Crippen LogP contribution in [0.15, 0.2) is 23.1 Å². The van der Waals surface area contributed by atoms with Crippen LogP contribution in [0.25, 0.3) is 0 Å². The largest absolute Gasteiger partial charge is 0.464 e. The predicted octanol–water partition coefficient (Wildman–Crippen LogP) is 0.720. The molecular formula is C10H13NO3. The number of esters is 1. The Morgan fingerprint density at radius 3 is 2.86 bits per heavy atom. The van der Waals surface area contributed by atoms with Gasteiger partial charge in [0.1, 0.15) is 6.61 Å². The van der Waals surface area contributed by atoms with Gasteiger partial charge in [-0.1, -0.05) is 6.07 Å². The summed E-state index contributed by atoms with van der Waals surface area (Å²) in [4.78, 5) is 21.7. The van der Waals surface area contributed by atoms with E-state index in [0.29, 0.717) is 6.54 Å². The maximum absolute atomic E-state index is 11.3. The van der Waals surface area contributed by atoms with Crippen LogP contribution in [-0.2, 0) is 16.1 Å². The predicted molar refractivity (Wildman–Crippen MR) is 52.1 cm³/mol.